The fourth-order valence-electron chi connectivity index (χ4n) is 4.35. The highest BCUT2D eigenvalue weighted by atomic mass is 32.2. The average molecular weight is 477 g/mol. The van der Waals surface area contributed by atoms with Crippen LogP contribution in [0.1, 0.15) is 31.0 Å². The molecule has 3 aromatic rings. The van der Waals surface area contributed by atoms with Gasteiger partial charge in [-0.1, -0.05) is 25.5 Å². The minimum absolute atomic E-state index is 0.347. The smallest absolute Gasteiger partial charge is 0.290 e. The zero-order valence-corrected chi connectivity index (χ0v) is 20.1. The van der Waals surface area contributed by atoms with Crippen LogP contribution in [0.5, 0.6) is 0 Å². The van der Waals surface area contributed by atoms with E-state index in [0.29, 0.717) is 16.2 Å². The third kappa shape index (κ3) is 5.06. The maximum Gasteiger partial charge on any atom is 0.290 e. The summed E-state index contributed by atoms with van der Waals surface area (Å²) < 4.78 is 1.97. The molecule has 2 amide bonds. The number of imide groups is 1. The molecule has 0 bridgehead atoms. The van der Waals surface area contributed by atoms with Crippen LogP contribution in [-0.4, -0.2) is 68.2 Å². The first-order valence-electron chi connectivity index (χ1n) is 11.7. The molecule has 0 unspecified atom stereocenters. The van der Waals surface area contributed by atoms with Crippen LogP contribution in [-0.2, 0) is 11.3 Å². The number of piperazine rings is 1. The van der Waals surface area contributed by atoms with Crippen molar-refractivity contribution >= 4 is 40.1 Å². The van der Waals surface area contributed by atoms with Crippen molar-refractivity contribution in [2.24, 2.45) is 0 Å². The van der Waals surface area contributed by atoms with Crippen molar-refractivity contribution in [3.63, 3.8) is 0 Å². The lowest BCUT2D eigenvalue weighted by Gasteiger charge is -2.34. The molecule has 2 fully saturated rings. The quantitative estimate of drug-likeness (QED) is 0.521. The molecule has 1 N–H and O–H groups in total. The highest BCUT2D eigenvalue weighted by molar-refractivity contribution is 8.18. The molecule has 8 nitrogen and oxygen atoms in total. The number of thioether (sulfide) groups is 1. The SMILES string of the molecule is CCCCN1CCN(Cc2cccc(-n3cnc4ccc(/C=C5\SC(=O)NC5=O)nc43)c2)CC1. The van der Waals surface area contributed by atoms with Crippen molar-refractivity contribution < 1.29 is 9.59 Å². The predicted molar refractivity (Wildman–Crippen MR) is 135 cm³/mol. The molecule has 2 aliphatic rings. The van der Waals surface area contributed by atoms with Gasteiger partial charge in [-0.25, -0.2) is 9.97 Å². The lowest BCUT2D eigenvalue weighted by Crippen LogP contribution is -2.46. The van der Waals surface area contributed by atoms with Crippen LogP contribution < -0.4 is 5.32 Å². The average Bonchev–Trinajstić information content (AvgIpc) is 3.40. The molecule has 0 atom stereocenters. The Morgan fingerprint density at radius 3 is 2.68 bits per heavy atom. The number of hydrogen-bond acceptors (Lipinski definition) is 7. The molecule has 0 aliphatic carbocycles. The Hall–Kier alpha value is -3.01. The van der Waals surface area contributed by atoms with Gasteiger partial charge in [0.1, 0.15) is 11.8 Å². The van der Waals surface area contributed by atoms with Crippen molar-refractivity contribution in [3.05, 3.63) is 58.9 Å². The number of carbonyl (C=O) groups excluding carboxylic acids is 2. The number of hydrogen-bond donors (Lipinski definition) is 1. The van der Waals surface area contributed by atoms with Gasteiger partial charge in [0.05, 0.1) is 10.6 Å². The van der Waals surface area contributed by atoms with Crippen LogP contribution in [0.2, 0.25) is 0 Å². The van der Waals surface area contributed by atoms with Gasteiger partial charge in [-0.2, -0.15) is 0 Å². The number of carbonyl (C=O) groups is 2. The third-order valence-corrected chi connectivity index (χ3v) is 7.04. The molecule has 0 saturated carbocycles. The Balaban J connectivity index is 1.33. The second kappa shape index (κ2) is 10.1. The van der Waals surface area contributed by atoms with E-state index in [1.165, 1.54) is 24.9 Å². The highest BCUT2D eigenvalue weighted by Crippen LogP contribution is 2.26. The first-order chi connectivity index (χ1) is 16.6. The summed E-state index contributed by atoms with van der Waals surface area (Å²) in [5.74, 6) is -0.385. The minimum Gasteiger partial charge on any atom is -0.301 e. The Labute approximate surface area is 203 Å². The molecule has 0 radical (unpaired) electrons. The van der Waals surface area contributed by atoms with Crippen LogP contribution in [0.4, 0.5) is 4.79 Å². The van der Waals surface area contributed by atoms with E-state index < -0.39 is 0 Å². The van der Waals surface area contributed by atoms with Gasteiger partial charge in [0.2, 0.25) is 0 Å². The molecule has 1 aromatic carbocycles. The van der Waals surface area contributed by atoms with Crippen LogP contribution in [0.15, 0.2) is 47.6 Å². The van der Waals surface area contributed by atoms with Crippen LogP contribution >= 0.6 is 11.8 Å². The van der Waals surface area contributed by atoms with E-state index in [2.05, 4.69) is 51.3 Å². The van der Waals surface area contributed by atoms with E-state index in [9.17, 15) is 9.59 Å². The van der Waals surface area contributed by atoms with E-state index >= 15 is 0 Å². The number of benzene rings is 1. The molecular formula is C25H28N6O2S. The van der Waals surface area contributed by atoms with Gasteiger partial charge in [-0.3, -0.25) is 24.4 Å². The predicted octanol–water partition coefficient (Wildman–Crippen LogP) is 3.66. The van der Waals surface area contributed by atoms with Crippen molar-refractivity contribution in [2.75, 3.05) is 32.7 Å². The van der Waals surface area contributed by atoms with Gasteiger partial charge in [0, 0.05) is 38.4 Å². The number of aromatic nitrogens is 3. The number of nitrogens with one attached hydrogen (secondary N) is 1. The summed E-state index contributed by atoms with van der Waals surface area (Å²) in [7, 11) is 0. The fourth-order valence-corrected chi connectivity index (χ4v) is 5.02. The number of pyridine rings is 1. The zero-order valence-electron chi connectivity index (χ0n) is 19.2. The number of imidazole rings is 1. The molecule has 2 aromatic heterocycles. The van der Waals surface area contributed by atoms with Gasteiger partial charge < -0.3 is 4.90 Å². The number of amides is 2. The molecule has 2 saturated heterocycles. The molecule has 9 heteroatoms. The van der Waals surface area contributed by atoms with E-state index in [1.54, 1.807) is 18.5 Å². The molecular weight excluding hydrogens is 448 g/mol. The Morgan fingerprint density at radius 2 is 1.91 bits per heavy atom. The molecule has 34 heavy (non-hydrogen) atoms. The largest absolute Gasteiger partial charge is 0.301 e. The van der Waals surface area contributed by atoms with Crippen molar-refractivity contribution in [2.45, 2.75) is 26.3 Å². The molecule has 5 rings (SSSR count). The van der Waals surface area contributed by atoms with E-state index in [0.717, 1.165) is 55.7 Å². The van der Waals surface area contributed by atoms with Crippen molar-refractivity contribution in [1.82, 2.24) is 29.7 Å². The third-order valence-electron chi connectivity index (χ3n) is 6.23. The lowest BCUT2D eigenvalue weighted by atomic mass is 10.1. The number of unbranched alkanes of at least 4 members (excludes halogenated alkanes) is 1. The molecule has 2 aliphatic heterocycles. The molecule has 4 heterocycles. The summed E-state index contributed by atoms with van der Waals surface area (Å²) >= 11 is 0.890. The lowest BCUT2D eigenvalue weighted by molar-refractivity contribution is -0.115. The van der Waals surface area contributed by atoms with E-state index in [4.69, 9.17) is 4.98 Å². The first kappa shape index (κ1) is 22.8. The Morgan fingerprint density at radius 1 is 1.09 bits per heavy atom. The van der Waals surface area contributed by atoms with Crippen LogP contribution in [0, 0.1) is 0 Å². The van der Waals surface area contributed by atoms with Gasteiger partial charge >= 0.3 is 0 Å². The highest BCUT2D eigenvalue weighted by Gasteiger charge is 2.25. The summed E-state index contributed by atoms with van der Waals surface area (Å²) in [6.07, 6.45) is 5.94. The van der Waals surface area contributed by atoms with Crippen LogP contribution in [0.25, 0.3) is 22.9 Å². The van der Waals surface area contributed by atoms with Crippen molar-refractivity contribution in [3.8, 4) is 5.69 Å². The van der Waals surface area contributed by atoms with Gasteiger partial charge in [-0.05, 0) is 60.6 Å². The summed E-state index contributed by atoms with van der Waals surface area (Å²) in [5, 5.41) is 1.91. The van der Waals surface area contributed by atoms with Gasteiger partial charge in [0.15, 0.2) is 5.65 Å². The summed E-state index contributed by atoms with van der Waals surface area (Å²) in [4.78, 5) is 38.0. The fraction of sp³-hybridized carbons (Fsp3) is 0.360. The second-order valence-corrected chi connectivity index (χ2v) is 9.70. The number of rotatable bonds is 7. The standard InChI is InChI=1S/C25H28N6O2S/c1-2-3-9-29-10-12-30(13-11-29)16-18-5-4-6-20(14-18)31-17-26-21-8-7-19(27-23(21)31)15-22-24(32)28-25(33)34-22/h4-8,14-15,17H,2-3,9-13,16H2,1H3,(H,28,32,33)/b22-15-. The van der Waals surface area contributed by atoms with Gasteiger partial charge in [0.25, 0.3) is 11.1 Å². The van der Waals surface area contributed by atoms with E-state index in [1.807, 2.05) is 10.6 Å². The monoisotopic (exact) mass is 476 g/mol. The topological polar surface area (TPSA) is 83.4 Å². The van der Waals surface area contributed by atoms with Gasteiger partial charge in [-0.15, -0.1) is 0 Å². The Kier molecular flexibility index (Phi) is 6.75. The summed E-state index contributed by atoms with van der Waals surface area (Å²) in [6, 6.07) is 12.2. The van der Waals surface area contributed by atoms with Crippen LogP contribution in [0.3, 0.4) is 0 Å². The first-order valence-corrected chi connectivity index (χ1v) is 12.5. The number of nitrogens with zero attached hydrogens (tertiary/aromatic N) is 5. The summed E-state index contributed by atoms with van der Waals surface area (Å²) in [6.45, 7) is 8.83. The Bertz CT molecular complexity index is 1250. The second-order valence-electron chi connectivity index (χ2n) is 8.69. The van der Waals surface area contributed by atoms with E-state index in [-0.39, 0.29) is 11.1 Å². The zero-order chi connectivity index (χ0) is 23.5. The van der Waals surface area contributed by atoms with Crippen molar-refractivity contribution in [1.29, 1.82) is 0 Å². The number of fused-ring (bicyclic) bond motifs is 1. The maximum atomic E-state index is 11.9. The molecule has 0 spiro atoms. The summed E-state index contributed by atoms with van der Waals surface area (Å²) in [5.41, 5.74) is 4.36. The normalized spacial score (nSPS) is 18.8. The molecule has 176 valence electrons. The maximum absolute atomic E-state index is 11.9. The minimum atomic E-state index is -0.385.